The Hall–Kier alpha value is -1.86. The van der Waals surface area contributed by atoms with Crippen LogP contribution in [0.15, 0.2) is 41.1 Å². The second kappa shape index (κ2) is 7.81. The Bertz CT molecular complexity index is 705. The quantitative estimate of drug-likeness (QED) is 0.774. The van der Waals surface area contributed by atoms with Gasteiger partial charge in [-0.15, -0.1) is 0 Å². The lowest BCUT2D eigenvalue weighted by Crippen LogP contribution is -2.50. The highest BCUT2D eigenvalue weighted by molar-refractivity contribution is 9.10. The first kappa shape index (κ1) is 17.0. The van der Waals surface area contributed by atoms with Crippen molar-refractivity contribution in [3.05, 3.63) is 46.3 Å². The number of hydrogen-bond acceptors (Lipinski definition) is 5. The van der Waals surface area contributed by atoms with Crippen molar-refractivity contribution in [2.24, 2.45) is 0 Å². The summed E-state index contributed by atoms with van der Waals surface area (Å²) in [6.45, 7) is 2.67. The highest BCUT2D eigenvalue weighted by atomic mass is 79.9. The van der Waals surface area contributed by atoms with Crippen molar-refractivity contribution < 1.29 is 9.53 Å². The third kappa shape index (κ3) is 4.36. The molecular formula is C16H16BrClN4O2. The Morgan fingerprint density at radius 3 is 2.54 bits per heavy atom. The van der Waals surface area contributed by atoms with E-state index in [-0.39, 0.29) is 12.5 Å². The average Bonchev–Trinajstić information content (AvgIpc) is 2.61. The molecular weight excluding hydrogens is 396 g/mol. The van der Waals surface area contributed by atoms with Gasteiger partial charge in [-0.05, 0) is 24.3 Å². The van der Waals surface area contributed by atoms with Crippen LogP contribution in [0.25, 0.3) is 0 Å². The van der Waals surface area contributed by atoms with Gasteiger partial charge in [0.2, 0.25) is 0 Å². The molecule has 0 radical (unpaired) electrons. The van der Waals surface area contributed by atoms with E-state index in [1.165, 1.54) is 6.20 Å². The predicted octanol–water partition coefficient (Wildman–Crippen LogP) is 2.62. The second-order valence-electron chi connectivity index (χ2n) is 5.31. The first-order valence-corrected chi connectivity index (χ1v) is 8.67. The number of carbonyl (C=O) groups excluding carboxylic acids is 1. The molecule has 0 spiro atoms. The van der Waals surface area contributed by atoms with Gasteiger partial charge in [0.25, 0.3) is 5.91 Å². The smallest absolute Gasteiger partial charge is 0.260 e. The molecule has 1 aromatic carbocycles. The lowest BCUT2D eigenvalue weighted by atomic mass is 10.3. The van der Waals surface area contributed by atoms with Crippen molar-refractivity contribution in [1.29, 1.82) is 0 Å². The van der Waals surface area contributed by atoms with E-state index >= 15 is 0 Å². The molecule has 1 aliphatic heterocycles. The molecule has 8 heteroatoms. The summed E-state index contributed by atoms with van der Waals surface area (Å²) in [5, 5.41) is 0.369. The Morgan fingerprint density at radius 1 is 1.17 bits per heavy atom. The molecule has 6 nitrogen and oxygen atoms in total. The summed E-state index contributed by atoms with van der Waals surface area (Å²) in [5.41, 5.74) is 0. The lowest BCUT2D eigenvalue weighted by molar-refractivity contribution is -0.133. The van der Waals surface area contributed by atoms with Gasteiger partial charge in [-0.3, -0.25) is 9.78 Å². The SMILES string of the molecule is O=C(COc1ccc(Br)cc1)N1CCN(c2cncc(Cl)n2)CC1. The number of aromatic nitrogens is 2. The van der Waals surface area contributed by atoms with Crippen LogP contribution in [0.2, 0.25) is 5.15 Å². The van der Waals surface area contributed by atoms with E-state index in [1.807, 2.05) is 24.3 Å². The van der Waals surface area contributed by atoms with Crippen molar-refractivity contribution in [2.45, 2.75) is 0 Å². The zero-order chi connectivity index (χ0) is 16.9. The molecule has 3 rings (SSSR count). The zero-order valence-electron chi connectivity index (χ0n) is 12.9. The molecule has 0 N–H and O–H groups in total. The molecule has 0 unspecified atom stereocenters. The third-order valence-electron chi connectivity index (χ3n) is 3.72. The molecule has 1 aliphatic rings. The summed E-state index contributed by atoms with van der Waals surface area (Å²) in [6, 6.07) is 7.41. The van der Waals surface area contributed by atoms with Crippen LogP contribution >= 0.6 is 27.5 Å². The van der Waals surface area contributed by atoms with Gasteiger partial charge in [0.1, 0.15) is 16.7 Å². The molecule has 0 atom stereocenters. The summed E-state index contributed by atoms with van der Waals surface area (Å²) in [4.78, 5) is 24.4. The highest BCUT2D eigenvalue weighted by Crippen LogP contribution is 2.17. The van der Waals surface area contributed by atoms with Gasteiger partial charge in [0.15, 0.2) is 6.61 Å². The Morgan fingerprint density at radius 2 is 1.88 bits per heavy atom. The summed E-state index contributed by atoms with van der Waals surface area (Å²) in [5.74, 6) is 1.40. The van der Waals surface area contributed by atoms with Gasteiger partial charge in [-0.2, -0.15) is 0 Å². The van der Waals surface area contributed by atoms with E-state index < -0.39 is 0 Å². The number of benzene rings is 1. The minimum atomic E-state index is -0.0188. The van der Waals surface area contributed by atoms with Crippen LogP contribution in [-0.2, 0) is 4.79 Å². The summed E-state index contributed by atoms with van der Waals surface area (Å²) >= 11 is 9.23. The van der Waals surface area contributed by atoms with Gasteiger partial charge in [-0.25, -0.2) is 4.98 Å². The molecule has 126 valence electrons. The van der Waals surface area contributed by atoms with Crippen molar-refractivity contribution >= 4 is 39.3 Å². The van der Waals surface area contributed by atoms with E-state index in [1.54, 1.807) is 11.1 Å². The van der Waals surface area contributed by atoms with E-state index in [0.29, 0.717) is 37.1 Å². The molecule has 0 aliphatic carbocycles. The van der Waals surface area contributed by atoms with E-state index in [0.717, 1.165) is 10.3 Å². The fourth-order valence-corrected chi connectivity index (χ4v) is 2.84. The summed E-state index contributed by atoms with van der Waals surface area (Å²) in [6.07, 6.45) is 3.18. The standard InChI is InChI=1S/C16H16BrClN4O2/c17-12-1-3-13(4-2-12)24-11-16(23)22-7-5-21(6-8-22)15-10-19-9-14(18)20-15/h1-4,9-10H,5-8,11H2. The Kier molecular flexibility index (Phi) is 5.52. The fraction of sp³-hybridized carbons (Fsp3) is 0.312. The average molecular weight is 412 g/mol. The Labute approximate surface area is 153 Å². The van der Waals surface area contributed by atoms with Crippen LogP contribution in [-0.4, -0.2) is 53.6 Å². The lowest BCUT2D eigenvalue weighted by Gasteiger charge is -2.35. The largest absolute Gasteiger partial charge is 0.484 e. The molecule has 1 aromatic heterocycles. The van der Waals surface area contributed by atoms with Gasteiger partial charge in [-0.1, -0.05) is 27.5 Å². The number of amides is 1. The summed E-state index contributed by atoms with van der Waals surface area (Å²) in [7, 11) is 0. The topological polar surface area (TPSA) is 58.6 Å². The van der Waals surface area contributed by atoms with Crippen LogP contribution in [0.5, 0.6) is 5.75 Å². The highest BCUT2D eigenvalue weighted by Gasteiger charge is 2.22. The van der Waals surface area contributed by atoms with Gasteiger partial charge in [0, 0.05) is 30.7 Å². The van der Waals surface area contributed by atoms with Crippen molar-refractivity contribution in [3.8, 4) is 5.75 Å². The van der Waals surface area contributed by atoms with Crippen molar-refractivity contribution in [1.82, 2.24) is 14.9 Å². The molecule has 2 heterocycles. The van der Waals surface area contributed by atoms with Crippen molar-refractivity contribution in [3.63, 3.8) is 0 Å². The minimum Gasteiger partial charge on any atom is -0.484 e. The fourth-order valence-electron chi connectivity index (χ4n) is 2.44. The van der Waals surface area contributed by atoms with Crippen LogP contribution in [0.1, 0.15) is 0 Å². The number of carbonyl (C=O) groups is 1. The van der Waals surface area contributed by atoms with Crippen LogP contribution in [0.3, 0.4) is 0 Å². The zero-order valence-corrected chi connectivity index (χ0v) is 15.2. The van der Waals surface area contributed by atoms with E-state index in [2.05, 4.69) is 30.8 Å². The van der Waals surface area contributed by atoms with Crippen LogP contribution in [0.4, 0.5) is 5.82 Å². The summed E-state index contributed by atoms with van der Waals surface area (Å²) < 4.78 is 6.51. The number of hydrogen-bond donors (Lipinski definition) is 0. The third-order valence-corrected chi connectivity index (χ3v) is 4.44. The number of ether oxygens (including phenoxy) is 1. The number of anilines is 1. The Balaban J connectivity index is 1.49. The predicted molar refractivity (Wildman–Crippen MR) is 95.5 cm³/mol. The first-order valence-electron chi connectivity index (χ1n) is 7.50. The van der Waals surface area contributed by atoms with E-state index in [4.69, 9.17) is 16.3 Å². The van der Waals surface area contributed by atoms with Gasteiger partial charge < -0.3 is 14.5 Å². The number of piperazine rings is 1. The normalized spacial score (nSPS) is 14.6. The molecule has 1 fully saturated rings. The molecule has 24 heavy (non-hydrogen) atoms. The van der Waals surface area contributed by atoms with Crippen LogP contribution < -0.4 is 9.64 Å². The molecule has 1 saturated heterocycles. The number of nitrogens with zero attached hydrogens (tertiary/aromatic N) is 4. The van der Waals surface area contributed by atoms with Gasteiger partial charge in [0.05, 0.1) is 12.4 Å². The maximum absolute atomic E-state index is 12.3. The molecule has 2 aromatic rings. The van der Waals surface area contributed by atoms with Crippen LogP contribution in [0, 0.1) is 0 Å². The monoisotopic (exact) mass is 410 g/mol. The van der Waals surface area contributed by atoms with Gasteiger partial charge >= 0.3 is 0 Å². The molecule has 0 saturated carbocycles. The van der Waals surface area contributed by atoms with Crippen molar-refractivity contribution in [2.75, 3.05) is 37.7 Å². The maximum Gasteiger partial charge on any atom is 0.260 e. The van der Waals surface area contributed by atoms with E-state index in [9.17, 15) is 4.79 Å². The second-order valence-corrected chi connectivity index (χ2v) is 6.61. The number of rotatable bonds is 4. The number of halogens is 2. The first-order chi connectivity index (χ1) is 11.6. The minimum absolute atomic E-state index is 0.0188. The maximum atomic E-state index is 12.3. The molecule has 0 bridgehead atoms. The molecule has 1 amide bonds.